The molecule has 0 radical (unpaired) electrons. The van der Waals surface area contributed by atoms with Crippen LogP contribution in [0.25, 0.3) is 0 Å². The number of hydrazine groups is 1. The summed E-state index contributed by atoms with van der Waals surface area (Å²) in [7, 11) is 0. The van der Waals surface area contributed by atoms with Crippen LogP contribution < -0.4 is 11.3 Å². The van der Waals surface area contributed by atoms with Gasteiger partial charge in [0.05, 0.1) is 11.2 Å². The van der Waals surface area contributed by atoms with Crippen LogP contribution in [0.4, 0.5) is 5.95 Å². The number of rotatable bonds is 3. The molecular formula is C7H8ClN7S. The molecule has 0 unspecified atom stereocenters. The van der Waals surface area contributed by atoms with Gasteiger partial charge in [-0.05, 0) is 18.7 Å². The lowest BCUT2D eigenvalue weighted by Crippen LogP contribution is -2.10. The van der Waals surface area contributed by atoms with Crippen LogP contribution in [0.2, 0.25) is 5.02 Å². The van der Waals surface area contributed by atoms with E-state index < -0.39 is 0 Å². The smallest absolute Gasteiger partial charge is 0.238 e. The van der Waals surface area contributed by atoms with Crippen LogP contribution in [0.3, 0.4) is 0 Å². The average molecular weight is 258 g/mol. The Kier molecular flexibility index (Phi) is 3.22. The SMILES string of the molecule is Cc1nc(Sc2nc(NN)ncc2Cl)n[nH]1. The number of anilines is 1. The molecule has 0 spiro atoms. The number of aromatic amines is 1. The van der Waals surface area contributed by atoms with Gasteiger partial charge in [0, 0.05) is 0 Å². The number of aryl methyl sites for hydroxylation is 1. The minimum Gasteiger partial charge on any atom is -0.292 e. The number of halogens is 1. The third-order valence-electron chi connectivity index (χ3n) is 1.61. The first kappa shape index (κ1) is 11.1. The first-order chi connectivity index (χ1) is 7.69. The van der Waals surface area contributed by atoms with E-state index in [1.165, 1.54) is 18.0 Å². The van der Waals surface area contributed by atoms with Gasteiger partial charge in [0.25, 0.3) is 0 Å². The molecule has 0 bridgehead atoms. The van der Waals surface area contributed by atoms with Crippen molar-refractivity contribution in [3.8, 4) is 0 Å². The first-order valence-electron chi connectivity index (χ1n) is 4.25. The van der Waals surface area contributed by atoms with Crippen molar-refractivity contribution in [1.82, 2.24) is 25.1 Å². The lowest BCUT2D eigenvalue weighted by molar-refractivity contribution is 0.959. The number of H-pyrrole nitrogens is 1. The quantitative estimate of drug-likeness (QED) is 0.428. The van der Waals surface area contributed by atoms with Crippen molar-refractivity contribution >= 4 is 29.3 Å². The number of nitrogens with one attached hydrogen (secondary N) is 2. The molecule has 0 aliphatic rings. The van der Waals surface area contributed by atoms with Gasteiger partial charge in [0.15, 0.2) is 0 Å². The summed E-state index contributed by atoms with van der Waals surface area (Å²) in [5.74, 6) is 6.22. The highest BCUT2D eigenvalue weighted by Crippen LogP contribution is 2.29. The molecule has 0 aromatic carbocycles. The van der Waals surface area contributed by atoms with Crippen LogP contribution >= 0.6 is 23.4 Å². The molecule has 84 valence electrons. The highest BCUT2D eigenvalue weighted by molar-refractivity contribution is 7.99. The van der Waals surface area contributed by atoms with Crippen molar-refractivity contribution in [1.29, 1.82) is 0 Å². The molecule has 2 aromatic heterocycles. The largest absolute Gasteiger partial charge is 0.292 e. The van der Waals surface area contributed by atoms with E-state index in [9.17, 15) is 0 Å². The second-order valence-corrected chi connectivity index (χ2v) is 4.16. The van der Waals surface area contributed by atoms with Gasteiger partial charge in [-0.15, -0.1) is 5.10 Å². The summed E-state index contributed by atoms with van der Waals surface area (Å²) in [6.07, 6.45) is 1.46. The van der Waals surface area contributed by atoms with E-state index in [2.05, 4.69) is 30.6 Å². The van der Waals surface area contributed by atoms with Crippen LogP contribution in [0, 0.1) is 6.92 Å². The maximum absolute atomic E-state index is 5.93. The second kappa shape index (κ2) is 4.64. The fourth-order valence-corrected chi connectivity index (χ4v) is 1.88. The Morgan fingerprint density at radius 1 is 1.50 bits per heavy atom. The second-order valence-electron chi connectivity index (χ2n) is 2.80. The van der Waals surface area contributed by atoms with Crippen molar-refractivity contribution in [3.05, 3.63) is 17.0 Å². The fraction of sp³-hybridized carbons (Fsp3) is 0.143. The molecule has 7 nitrogen and oxygen atoms in total. The molecule has 0 saturated heterocycles. The third kappa shape index (κ3) is 2.40. The van der Waals surface area contributed by atoms with Crippen molar-refractivity contribution in [3.63, 3.8) is 0 Å². The normalized spacial score (nSPS) is 10.4. The van der Waals surface area contributed by atoms with Crippen molar-refractivity contribution in [2.75, 3.05) is 5.43 Å². The molecular weight excluding hydrogens is 250 g/mol. The molecule has 0 aliphatic heterocycles. The van der Waals surface area contributed by atoms with E-state index in [1.807, 2.05) is 6.92 Å². The van der Waals surface area contributed by atoms with Crippen LogP contribution in [-0.2, 0) is 0 Å². The predicted molar refractivity (Wildman–Crippen MR) is 60.1 cm³/mol. The molecule has 0 aliphatic carbocycles. The maximum atomic E-state index is 5.93. The Morgan fingerprint density at radius 2 is 2.31 bits per heavy atom. The van der Waals surface area contributed by atoms with Gasteiger partial charge in [-0.2, -0.15) is 0 Å². The Balaban J connectivity index is 2.26. The topological polar surface area (TPSA) is 105 Å². The van der Waals surface area contributed by atoms with Gasteiger partial charge < -0.3 is 0 Å². The monoisotopic (exact) mass is 257 g/mol. The van der Waals surface area contributed by atoms with E-state index in [0.717, 1.165) is 5.82 Å². The lowest BCUT2D eigenvalue weighted by Gasteiger charge is -2.02. The minimum atomic E-state index is 0.291. The lowest BCUT2D eigenvalue weighted by atomic mass is 10.7. The van der Waals surface area contributed by atoms with Crippen LogP contribution in [0.1, 0.15) is 5.82 Å². The molecule has 0 atom stereocenters. The van der Waals surface area contributed by atoms with E-state index in [1.54, 1.807) is 0 Å². The van der Waals surface area contributed by atoms with E-state index in [4.69, 9.17) is 17.4 Å². The summed E-state index contributed by atoms with van der Waals surface area (Å²) in [5.41, 5.74) is 2.34. The van der Waals surface area contributed by atoms with Crippen molar-refractivity contribution in [2.24, 2.45) is 5.84 Å². The highest BCUT2D eigenvalue weighted by atomic mass is 35.5. The van der Waals surface area contributed by atoms with Gasteiger partial charge in [-0.3, -0.25) is 10.5 Å². The molecule has 0 amide bonds. The molecule has 0 fully saturated rings. The first-order valence-corrected chi connectivity index (χ1v) is 5.44. The van der Waals surface area contributed by atoms with Crippen LogP contribution in [0.5, 0.6) is 0 Å². The summed E-state index contributed by atoms with van der Waals surface area (Å²) in [5, 5.41) is 8.20. The molecule has 2 rings (SSSR count). The maximum Gasteiger partial charge on any atom is 0.238 e. The Hall–Kier alpha value is -1.38. The number of hydrogen-bond acceptors (Lipinski definition) is 7. The summed E-state index contributed by atoms with van der Waals surface area (Å²) in [6, 6.07) is 0. The number of nitrogens with zero attached hydrogens (tertiary/aromatic N) is 4. The fourth-order valence-electron chi connectivity index (χ4n) is 0.947. The van der Waals surface area contributed by atoms with Gasteiger partial charge in [-0.1, -0.05) is 11.6 Å². The van der Waals surface area contributed by atoms with Crippen LogP contribution in [0.15, 0.2) is 16.4 Å². The summed E-state index contributed by atoms with van der Waals surface area (Å²) in [4.78, 5) is 12.1. The van der Waals surface area contributed by atoms with Gasteiger partial charge in [-0.25, -0.2) is 20.8 Å². The van der Waals surface area contributed by atoms with Gasteiger partial charge in [0.1, 0.15) is 10.9 Å². The third-order valence-corrected chi connectivity index (χ3v) is 2.86. The molecule has 16 heavy (non-hydrogen) atoms. The highest BCUT2D eigenvalue weighted by Gasteiger charge is 2.09. The van der Waals surface area contributed by atoms with Crippen LogP contribution in [-0.4, -0.2) is 25.1 Å². The van der Waals surface area contributed by atoms with E-state index in [-0.39, 0.29) is 0 Å². The van der Waals surface area contributed by atoms with E-state index in [0.29, 0.717) is 21.2 Å². The number of nitrogen functional groups attached to an aromatic ring is 1. The minimum absolute atomic E-state index is 0.291. The average Bonchev–Trinajstić information content (AvgIpc) is 2.67. The number of aromatic nitrogens is 5. The number of hydrogen-bond donors (Lipinski definition) is 3. The zero-order valence-electron chi connectivity index (χ0n) is 8.23. The number of nitrogens with two attached hydrogens (primary N) is 1. The molecule has 4 N–H and O–H groups in total. The van der Waals surface area contributed by atoms with Crippen molar-refractivity contribution in [2.45, 2.75) is 17.1 Å². The summed E-state index contributed by atoms with van der Waals surface area (Å²) >= 11 is 7.16. The standard InChI is InChI=1S/C7H8ClN7S/c1-3-11-7(15-14-3)16-5-4(8)2-10-6(12-5)13-9/h2H,9H2,1H3,(H,10,12,13)(H,11,14,15). The summed E-state index contributed by atoms with van der Waals surface area (Å²) in [6.45, 7) is 1.81. The van der Waals surface area contributed by atoms with Gasteiger partial charge in [0.2, 0.25) is 11.1 Å². The molecule has 2 aromatic rings. The van der Waals surface area contributed by atoms with Gasteiger partial charge >= 0.3 is 0 Å². The summed E-state index contributed by atoms with van der Waals surface area (Å²) < 4.78 is 0. The molecule has 0 saturated carbocycles. The molecule has 9 heteroatoms. The zero-order chi connectivity index (χ0) is 11.5. The zero-order valence-corrected chi connectivity index (χ0v) is 9.80. The Bertz CT molecular complexity index is 499. The Labute approximate surface area is 100 Å². The predicted octanol–water partition coefficient (Wildman–Crippen LogP) is 0.993. The Morgan fingerprint density at radius 3 is 2.94 bits per heavy atom. The van der Waals surface area contributed by atoms with E-state index >= 15 is 0 Å². The van der Waals surface area contributed by atoms with Crippen molar-refractivity contribution < 1.29 is 0 Å². The molecule has 2 heterocycles.